The molecule has 0 unspecified atom stereocenters. The molecular formula is C12H15FO3. The van der Waals surface area contributed by atoms with Crippen LogP contribution in [0.25, 0.3) is 0 Å². The number of carboxylic acid groups (broad SMARTS) is 1. The van der Waals surface area contributed by atoms with Crippen LogP contribution in [0.1, 0.15) is 25.0 Å². The maximum atomic E-state index is 13.7. The molecule has 0 fully saturated rings. The van der Waals surface area contributed by atoms with Gasteiger partial charge in [0, 0.05) is 0 Å². The summed E-state index contributed by atoms with van der Waals surface area (Å²) < 4.78 is 13.7. The molecule has 1 rings (SSSR count). The number of phenolic OH excluding ortho intramolecular Hbond substituents is 1. The molecule has 0 spiro atoms. The van der Waals surface area contributed by atoms with E-state index in [1.165, 1.54) is 32.9 Å². The third-order valence-corrected chi connectivity index (χ3v) is 2.53. The van der Waals surface area contributed by atoms with Crippen molar-refractivity contribution in [1.82, 2.24) is 0 Å². The Labute approximate surface area is 93.5 Å². The number of aromatic hydroxyl groups is 1. The topological polar surface area (TPSA) is 57.5 Å². The zero-order valence-electron chi connectivity index (χ0n) is 9.54. The predicted molar refractivity (Wildman–Crippen MR) is 57.9 cm³/mol. The fourth-order valence-electron chi connectivity index (χ4n) is 1.50. The Hall–Kier alpha value is -1.58. The van der Waals surface area contributed by atoms with E-state index >= 15 is 0 Å². The van der Waals surface area contributed by atoms with Gasteiger partial charge in [-0.05, 0) is 50.5 Å². The van der Waals surface area contributed by atoms with Crippen molar-refractivity contribution in [2.24, 2.45) is 5.41 Å². The van der Waals surface area contributed by atoms with Crippen molar-refractivity contribution in [3.05, 3.63) is 29.1 Å². The molecule has 1 aromatic rings. The average Bonchev–Trinajstić information content (AvgIpc) is 2.12. The van der Waals surface area contributed by atoms with Crippen molar-refractivity contribution >= 4 is 5.97 Å². The molecule has 0 aromatic heterocycles. The van der Waals surface area contributed by atoms with E-state index in [1.807, 2.05) is 0 Å². The minimum Gasteiger partial charge on any atom is -0.508 e. The summed E-state index contributed by atoms with van der Waals surface area (Å²) in [6.45, 7) is 4.58. The molecule has 0 aliphatic rings. The maximum Gasteiger partial charge on any atom is 0.309 e. The minimum atomic E-state index is -1.05. The summed E-state index contributed by atoms with van der Waals surface area (Å²) in [5.74, 6) is -1.49. The average molecular weight is 226 g/mol. The number of hydrogen-bond donors (Lipinski definition) is 2. The van der Waals surface area contributed by atoms with Crippen molar-refractivity contribution in [2.45, 2.75) is 27.2 Å². The summed E-state index contributed by atoms with van der Waals surface area (Å²) >= 11 is 0. The monoisotopic (exact) mass is 226 g/mol. The van der Waals surface area contributed by atoms with Crippen LogP contribution in [0, 0.1) is 18.2 Å². The Morgan fingerprint density at radius 2 is 2.00 bits per heavy atom. The molecule has 0 heterocycles. The highest BCUT2D eigenvalue weighted by molar-refractivity contribution is 5.74. The summed E-state index contributed by atoms with van der Waals surface area (Å²) in [7, 11) is 0. The number of aliphatic carboxylic acids is 1. The van der Waals surface area contributed by atoms with E-state index in [9.17, 15) is 14.3 Å². The van der Waals surface area contributed by atoms with Gasteiger partial charge in [-0.25, -0.2) is 4.39 Å². The molecule has 3 nitrogen and oxygen atoms in total. The summed E-state index contributed by atoms with van der Waals surface area (Å²) in [4.78, 5) is 10.9. The second-order valence-corrected chi connectivity index (χ2v) is 4.60. The molecule has 2 N–H and O–H groups in total. The van der Waals surface area contributed by atoms with Gasteiger partial charge < -0.3 is 10.2 Å². The lowest BCUT2D eigenvalue weighted by molar-refractivity contribution is -0.146. The van der Waals surface area contributed by atoms with E-state index in [2.05, 4.69) is 0 Å². The van der Waals surface area contributed by atoms with Crippen LogP contribution in [0.5, 0.6) is 5.75 Å². The molecule has 16 heavy (non-hydrogen) atoms. The molecule has 0 amide bonds. The van der Waals surface area contributed by atoms with Crippen LogP contribution in [0.3, 0.4) is 0 Å². The number of rotatable bonds is 3. The minimum absolute atomic E-state index is 0.0450. The van der Waals surface area contributed by atoms with Gasteiger partial charge in [-0.3, -0.25) is 4.79 Å². The first-order valence-electron chi connectivity index (χ1n) is 4.95. The number of halogens is 1. The van der Waals surface area contributed by atoms with Crippen molar-refractivity contribution in [2.75, 3.05) is 0 Å². The van der Waals surface area contributed by atoms with E-state index in [0.29, 0.717) is 5.56 Å². The fraction of sp³-hybridized carbons (Fsp3) is 0.417. The third-order valence-electron chi connectivity index (χ3n) is 2.53. The molecule has 88 valence electrons. The predicted octanol–water partition coefficient (Wildman–Crippen LogP) is 2.49. The fourth-order valence-corrected chi connectivity index (χ4v) is 1.50. The largest absolute Gasteiger partial charge is 0.508 e. The van der Waals surface area contributed by atoms with Gasteiger partial charge in [0.05, 0.1) is 5.41 Å². The highest BCUT2D eigenvalue weighted by atomic mass is 19.1. The lowest BCUT2D eigenvalue weighted by atomic mass is 9.85. The highest BCUT2D eigenvalue weighted by Gasteiger charge is 2.29. The molecule has 0 aliphatic heterocycles. The van der Waals surface area contributed by atoms with Crippen LogP contribution in [0.4, 0.5) is 4.39 Å². The number of benzene rings is 1. The van der Waals surface area contributed by atoms with Gasteiger partial charge in [0.1, 0.15) is 11.6 Å². The first kappa shape index (κ1) is 12.5. The number of aryl methyl sites for hydroxylation is 1. The van der Waals surface area contributed by atoms with Gasteiger partial charge in [0.15, 0.2) is 0 Å². The molecular weight excluding hydrogens is 211 g/mol. The smallest absolute Gasteiger partial charge is 0.309 e. The van der Waals surface area contributed by atoms with Crippen molar-refractivity contribution < 1.29 is 19.4 Å². The van der Waals surface area contributed by atoms with Crippen LogP contribution in [0.15, 0.2) is 12.1 Å². The van der Waals surface area contributed by atoms with Crippen LogP contribution >= 0.6 is 0 Å². The van der Waals surface area contributed by atoms with Crippen LogP contribution in [-0.2, 0) is 11.2 Å². The van der Waals surface area contributed by atoms with Crippen molar-refractivity contribution in [3.8, 4) is 5.75 Å². The SMILES string of the molecule is Cc1cc(O)cc(CC(C)(C)C(=O)O)c1F. The van der Waals surface area contributed by atoms with E-state index < -0.39 is 17.2 Å². The third kappa shape index (κ3) is 2.51. The standard InChI is InChI=1S/C12H15FO3/c1-7-4-9(14)5-8(10(7)13)6-12(2,3)11(15)16/h4-5,14H,6H2,1-3H3,(H,15,16). The van der Waals surface area contributed by atoms with Gasteiger partial charge in [-0.1, -0.05) is 0 Å². The molecule has 0 saturated heterocycles. The van der Waals surface area contributed by atoms with E-state index in [1.54, 1.807) is 0 Å². The van der Waals surface area contributed by atoms with Crippen molar-refractivity contribution in [1.29, 1.82) is 0 Å². The first-order valence-corrected chi connectivity index (χ1v) is 4.95. The number of hydrogen-bond acceptors (Lipinski definition) is 2. The van der Waals surface area contributed by atoms with Crippen LogP contribution in [0.2, 0.25) is 0 Å². The molecule has 4 heteroatoms. The Balaban J connectivity index is 3.11. The molecule has 0 radical (unpaired) electrons. The zero-order chi connectivity index (χ0) is 12.5. The second-order valence-electron chi connectivity index (χ2n) is 4.60. The Morgan fingerprint density at radius 1 is 1.44 bits per heavy atom. The van der Waals surface area contributed by atoms with Gasteiger partial charge >= 0.3 is 5.97 Å². The molecule has 0 atom stereocenters. The lowest BCUT2D eigenvalue weighted by Crippen LogP contribution is -2.26. The molecule has 0 aliphatic carbocycles. The highest BCUT2D eigenvalue weighted by Crippen LogP contribution is 2.27. The number of phenols is 1. The van der Waals surface area contributed by atoms with E-state index in [4.69, 9.17) is 5.11 Å². The van der Waals surface area contributed by atoms with E-state index in [0.717, 1.165) is 0 Å². The molecule has 0 bridgehead atoms. The van der Waals surface area contributed by atoms with Gasteiger partial charge in [-0.15, -0.1) is 0 Å². The van der Waals surface area contributed by atoms with Crippen LogP contribution < -0.4 is 0 Å². The van der Waals surface area contributed by atoms with E-state index in [-0.39, 0.29) is 17.7 Å². The molecule has 0 saturated carbocycles. The first-order chi connectivity index (χ1) is 7.24. The summed E-state index contributed by atoms with van der Waals surface area (Å²) in [5, 5.41) is 18.3. The summed E-state index contributed by atoms with van der Waals surface area (Å²) in [5.41, 5.74) is -0.512. The normalized spacial score (nSPS) is 11.5. The Bertz CT molecular complexity index is 425. The molecule has 1 aromatic carbocycles. The number of carbonyl (C=O) groups is 1. The Morgan fingerprint density at radius 3 is 2.50 bits per heavy atom. The summed E-state index contributed by atoms with van der Waals surface area (Å²) in [6, 6.07) is 2.58. The maximum absolute atomic E-state index is 13.7. The zero-order valence-corrected chi connectivity index (χ0v) is 9.54. The van der Waals surface area contributed by atoms with Gasteiger partial charge in [0.25, 0.3) is 0 Å². The lowest BCUT2D eigenvalue weighted by Gasteiger charge is -2.19. The second kappa shape index (κ2) is 4.12. The van der Waals surface area contributed by atoms with Gasteiger partial charge in [0.2, 0.25) is 0 Å². The number of carboxylic acids is 1. The van der Waals surface area contributed by atoms with Gasteiger partial charge in [-0.2, -0.15) is 0 Å². The van der Waals surface area contributed by atoms with Crippen LogP contribution in [-0.4, -0.2) is 16.2 Å². The summed E-state index contributed by atoms with van der Waals surface area (Å²) in [6.07, 6.45) is 0.0450. The quantitative estimate of drug-likeness (QED) is 0.832. The Kier molecular flexibility index (Phi) is 3.21. The van der Waals surface area contributed by atoms with Crippen molar-refractivity contribution in [3.63, 3.8) is 0 Å².